The summed E-state index contributed by atoms with van der Waals surface area (Å²) in [4.78, 5) is 2.50. The minimum atomic E-state index is 0.113. The summed E-state index contributed by atoms with van der Waals surface area (Å²) in [7, 11) is 0. The van der Waals surface area contributed by atoms with Gasteiger partial charge >= 0.3 is 0 Å². The summed E-state index contributed by atoms with van der Waals surface area (Å²) in [5.74, 6) is 0.559. The number of nitrogens with zero attached hydrogens (tertiary/aromatic N) is 3. The van der Waals surface area contributed by atoms with Crippen LogP contribution in [0, 0.1) is 32.1 Å². The molecule has 0 aliphatic carbocycles. The fourth-order valence-electron chi connectivity index (χ4n) is 1.81. The van der Waals surface area contributed by atoms with Crippen molar-refractivity contribution in [1.82, 2.24) is 10.2 Å². The third-order valence-corrected chi connectivity index (χ3v) is 4.29. The summed E-state index contributed by atoms with van der Waals surface area (Å²) in [6, 6.07) is 6.51. The van der Waals surface area contributed by atoms with Gasteiger partial charge in [0, 0.05) is 9.75 Å². The first-order valence-corrected chi connectivity index (χ1v) is 6.91. The number of nitrogens with one attached hydrogen (secondary N) is 1. The quantitative estimate of drug-likeness (QED) is 0.928. The monoisotopic (exact) mass is 272 g/mol. The van der Waals surface area contributed by atoms with Gasteiger partial charge in [0.25, 0.3) is 0 Å². The Morgan fingerprint density at radius 1 is 1.26 bits per heavy atom. The third kappa shape index (κ3) is 2.74. The first-order chi connectivity index (χ1) is 9.02. The van der Waals surface area contributed by atoms with Crippen molar-refractivity contribution in [3.8, 4) is 6.07 Å². The van der Waals surface area contributed by atoms with E-state index in [1.54, 1.807) is 11.3 Å². The number of thiophene rings is 1. The molecule has 19 heavy (non-hydrogen) atoms. The van der Waals surface area contributed by atoms with Crippen LogP contribution in [0.15, 0.2) is 12.1 Å². The van der Waals surface area contributed by atoms with Crippen molar-refractivity contribution in [1.29, 1.82) is 5.26 Å². The zero-order valence-electron chi connectivity index (χ0n) is 11.5. The van der Waals surface area contributed by atoms with Crippen molar-refractivity contribution in [2.24, 2.45) is 0 Å². The van der Waals surface area contributed by atoms with Crippen LogP contribution in [0.1, 0.15) is 39.5 Å². The lowest BCUT2D eigenvalue weighted by atomic mass is 10.1. The molecule has 0 saturated carbocycles. The van der Waals surface area contributed by atoms with Crippen LogP contribution in [-0.4, -0.2) is 10.2 Å². The molecule has 0 radical (unpaired) electrons. The van der Waals surface area contributed by atoms with Crippen molar-refractivity contribution in [2.45, 2.75) is 33.7 Å². The second kappa shape index (κ2) is 5.37. The molecule has 2 aromatic rings. The van der Waals surface area contributed by atoms with E-state index in [2.05, 4.69) is 47.6 Å². The Kier molecular flexibility index (Phi) is 3.82. The molecule has 2 rings (SSSR count). The molecule has 1 atom stereocenters. The van der Waals surface area contributed by atoms with Crippen LogP contribution in [0.2, 0.25) is 0 Å². The number of aryl methyl sites for hydroxylation is 2. The van der Waals surface area contributed by atoms with Gasteiger partial charge in [0.2, 0.25) is 0 Å². The van der Waals surface area contributed by atoms with Crippen LogP contribution >= 0.6 is 11.3 Å². The molecule has 0 aliphatic heterocycles. The van der Waals surface area contributed by atoms with Gasteiger partial charge in [-0.15, -0.1) is 16.4 Å². The van der Waals surface area contributed by atoms with Crippen molar-refractivity contribution in [3.05, 3.63) is 38.7 Å². The molecule has 0 spiro atoms. The topological polar surface area (TPSA) is 61.6 Å². The molecule has 1 N–H and O–H groups in total. The lowest BCUT2D eigenvalue weighted by Gasteiger charge is -2.14. The Labute approximate surface area is 117 Å². The average Bonchev–Trinajstić information content (AvgIpc) is 2.81. The molecule has 4 nitrogen and oxygen atoms in total. The highest BCUT2D eigenvalue weighted by atomic mass is 32.1. The van der Waals surface area contributed by atoms with E-state index in [4.69, 9.17) is 0 Å². The SMILES string of the molecule is Cc1ccc(C(C)Nc2nnc(C)c(C)c2C#N)s1. The minimum absolute atomic E-state index is 0.113. The zero-order chi connectivity index (χ0) is 14.0. The fourth-order valence-corrected chi connectivity index (χ4v) is 2.69. The Balaban J connectivity index is 2.29. The molecule has 0 fully saturated rings. The van der Waals surface area contributed by atoms with Gasteiger partial charge in [-0.3, -0.25) is 0 Å². The van der Waals surface area contributed by atoms with Gasteiger partial charge in [-0.2, -0.15) is 10.4 Å². The number of rotatable bonds is 3. The molecule has 1 unspecified atom stereocenters. The summed E-state index contributed by atoms with van der Waals surface area (Å²) in [6.07, 6.45) is 0. The average molecular weight is 272 g/mol. The van der Waals surface area contributed by atoms with Gasteiger partial charge in [0.05, 0.1) is 11.7 Å². The molecule has 0 amide bonds. The predicted molar refractivity (Wildman–Crippen MR) is 77.3 cm³/mol. The largest absolute Gasteiger partial charge is 0.360 e. The Hall–Kier alpha value is -1.93. The first kappa shape index (κ1) is 13.5. The number of nitriles is 1. The third-order valence-electron chi connectivity index (χ3n) is 3.11. The number of hydrogen-bond acceptors (Lipinski definition) is 5. The van der Waals surface area contributed by atoms with Crippen LogP contribution in [0.5, 0.6) is 0 Å². The number of anilines is 1. The van der Waals surface area contributed by atoms with Gasteiger partial charge in [0.1, 0.15) is 11.6 Å². The van der Waals surface area contributed by atoms with Crippen LogP contribution in [-0.2, 0) is 0 Å². The molecule has 98 valence electrons. The van der Waals surface area contributed by atoms with E-state index in [0.29, 0.717) is 11.4 Å². The van der Waals surface area contributed by atoms with E-state index in [-0.39, 0.29) is 6.04 Å². The molecule has 0 saturated heterocycles. The Morgan fingerprint density at radius 3 is 2.58 bits per heavy atom. The second-order valence-corrected chi connectivity index (χ2v) is 5.88. The van der Waals surface area contributed by atoms with Crippen molar-refractivity contribution in [2.75, 3.05) is 5.32 Å². The van der Waals surface area contributed by atoms with Gasteiger partial charge in [-0.05, 0) is 45.4 Å². The molecule has 5 heteroatoms. The predicted octanol–water partition coefficient (Wildman–Crippen LogP) is 3.51. The number of hydrogen-bond donors (Lipinski definition) is 1. The van der Waals surface area contributed by atoms with Crippen LogP contribution < -0.4 is 5.32 Å². The fraction of sp³-hybridized carbons (Fsp3) is 0.357. The molecule has 0 aliphatic rings. The Bertz CT molecular complexity index is 639. The highest BCUT2D eigenvalue weighted by Crippen LogP contribution is 2.27. The number of aromatic nitrogens is 2. The molecular weight excluding hydrogens is 256 g/mol. The van der Waals surface area contributed by atoms with E-state index in [1.165, 1.54) is 9.75 Å². The zero-order valence-corrected chi connectivity index (χ0v) is 12.3. The Morgan fingerprint density at radius 2 is 2.00 bits per heavy atom. The van der Waals surface area contributed by atoms with E-state index in [0.717, 1.165) is 11.3 Å². The lowest BCUT2D eigenvalue weighted by Crippen LogP contribution is -2.10. The van der Waals surface area contributed by atoms with Gasteiger partial charge in [0.15, 0.2) is 5.82 Å². The highest BCUT2D eigenvalue weighted by Gasteiger charge is 2.14. The van der Waals surface area contributed by atoms with Gasteiger partial charge in [-0.1, -0.05) is 0 Å². The molecule has 2 heterocycles. The maximum atomic E-state index is 9.26. The summed E-state index contributed by atoms with van der Waals surface area (Å²) >= 11 is 1.74. The summed E-state index contributed by atoms with van der Waals surface area (Å²) in [5.41, 5.74) is 2.25. The maximum absolute atomic E-state index is 9.26. The normalized spacial score (nSPS) is 11.9. The second-order valence-electron chi connectivity index (χ2n) is 4.56. The van der Waals surface area contributed by atoms with E-state index >= 15 is 0 Å². The van der Waals surface area contributed by atoms with Crippen molar-refractivity contribution >= 4 is 17.2 Å². The summed E-state index contributed by atoms with van der Waals surface area (Å²) < 4.78 is 0. The van der Waals surface area contributed by atoms with E-state index < -0.39 is 0 Å². The molecule has 2 aromatic heterocycles. The maximum Gasteiger partial charge on any atom is 0.167 e. The minimum Gasteiger partial charge on any atom is -0.360 e. The molecule has 0 aromatic carbocycles. The van der Waals surface area contributed by atoms with Crippen molar-refractivity contribution < 1.29 is 0 Å². The van der Waals surface area contributed by atoms with Crippen LogP contribution in [0.25, 0.3) is 0 Å². The molecular formula is C14H16N4S. The van der Waals surface area contributed by atoms with E-state index in [1.807, 2.05) is 13.8 Å². The van der Waals surface area contributed by atoms with Gasteiger partial charge < -0.3 is 5.32 Å². The van der Waals surface area contributed by atoms with Crippen LogP contribution in [0.3, 0.4) is 0 Å². The highest BCUT2D eigenvalue weighted by molar-refractivity contribution is 7.12. The van der Waals surface area contributed by atoms with E-state index in [9.17, 15) is 5.26 Å². The standard InChI is InChI=1S/C14H16N4S/c1-8-5-6-13(19-8)11(4)16-14-12(7-15)9(2)10(3)17-18-14/h5-6,11H,1-4H3,(H,16,18). The van der Waals surface area contributed by atoms with Crippen LogP contribution in [0.4, 0.5) is 5.82 Å². The molecule has 0 bridgehead atoms. The lowest BCUT2D eigenvalue weighted by molar-refractivity contribution is 0.864. The smallest absolute Gasteiger partial charge is 0.167 e. The summed E-state index contributed by atoms with van der Waals surface area (Å²) in [5, 5.41) is 20.7. The summed E-state index contributed by atoms with van der Waals surface area (Å²) in [6.45, 7) is 7.90. The van der Waals surface area contributed by atoms with Gasteiger partial charge in [-0.25, -0.2) is 0 Å². The first-order valence-electron chi connectivity index (χ1n) is 6.09. The van der Waals surface area contributed by atoms with Crippen molar-refractivity contribution in [3.63, 3.8) is 0 Å².